The van der Waals surface area contributed by atoms with E-state index in [2.05, 4.69) is 10.3 Å². The molecule has 0 saturated heterocycles. The molecule has 1 heterocycles. The first kappa shape index (κ1) is 12.6. The predicted molar refractivity (Wildman–Crippen MR) is 62.7 cm³/mol. The third-order valence-corrected chi connectivity index (χ3v) is 2.78. The van der Waals surface area contributed by atoms with Crippen LogP contribution >= 0.6 is 34.8 Å². The molecule has 6 heteroatoms. The largest absolute Gasteiger partial charge is 0.309 e. The number of carbonyl (C=O) groups excluding carboxylic acids is 1. The fourth-order valence-corrected chi connectivity index (χ4v) is 1.87. The summed E-state index contributed by atoms with van der Waals surface area (Å²) in [5, 5.41) is 3.25. The molecule has 0 atom stereocenters. The van der Waals surface area contributed by atoms with Gasteiger partial charge in [0.15, 0.2) is 5.82 Å². The van der Waals surface area contributed by atoms with Crippen molar-refractivity contribution in [2.45, 2.75) is 19.2 Å². The molecular formula is C9H9Cl3N2O. The van der Waals surface area contributed by atoms with Gasteiger partial charge >= 0.3 is 0 Å². The number of nitrogens with one attached hydrogen (secondary N) is 1. The van der Waals surface area contributed by atoms with Crippen LogP contribution in [0.15, 0.2) is 6.20 Å². The van der Waals surface area contributed by atoms with E-state index < -0.39 is 0 Å². The Labute approximate surface area is 103 Å². The molecule has 0 aliphatic rings. The van der Waals surface area contributed by atoms with E-state index in [1.165, 1.54) is 6.20 Å². The van der Waals surface area contributed by atoms with Crippen LogP contribution in [0.25, 0.3) is 0 Å². The van der Waals surface area contributed by atoms with Crippen molar-refractivity contribution in [2.24, 2.45) is 0 Å². The average molecular weight is 268 g/mol. The van der Waals surface area contributed by atoms with Crippen molar-refractivity contribution in [1.29, 1.82) is 0 Å². The molecule has 0 aromatic carbocycles. The van der Waals surface area contributed by atoms with Crippen molar-refractivity contribution in [1.82, 2.24) is 4.98 Å². The maximum atomic E-state index is 11.1. The molecule has 1 aromatic rings. The molecule has 0 radical (unpaired) electrons. The van der Waals surface area contributed by atoms with Crippen molar-refractivity contribution in [3.63, 3.8) is 0 Å². The van der Waals surface area contributed by atoms with Crippen LogP contribution in [0.5, 0.6) is 0 Å². The minimum atomic E-state index is -0.160. The molecule has 0 fully saturated rings. The fraction of sp³-hybridized carbons (Fsp3) is 0.333. The lowest BCUT2D eigenvalue weighted by Crippen LogP contribution is -2.11. The zero-order chi connectivity index (χ0) is 11.4. The third kappa shape index (κ3) is 2.97. The number of hydrogen-bond acceptors (Lipinski definition) is 2. The molecule has 0 aliphatic heterocycles. The van der Waals surface area contributed by atoms with Gasteiger partial charge in [0, 0.05) is 18.2 Å². The monoisotopic (exact) mass is 266 g/mol. The summed E-state index contributed by atoms with van der Waals surface area (Å²) in [5.41, 5.74) is 0.571. The summed E-state index contributed by atoms with van der Waals surface area (Å²) < 4.78 is 0. The first-order valence-corrected chi connectivity index (χ1v) is 5.57. The minimum absolute atomic E-state index is 0.160. The summed E-state index contributed by atoms with van der Waals surface area (Å²) in [7, 11) is 0. The Morgan fingerprint density at radius 2 is 2.20 bits per heavy atom. The van der Waals surface area contributed by atoms with E-state index in [9.17, 15) is 4.79 Å². The van der Waals surface area contributed by atoms with Gasteiger partial charge in [0.1, 0.15) is 0 Å². The molecular weight excluding hydrogens is 258 g/mol. The normalized spacial score (nSPS) is 10.1. The molecule has 0 aliphatic carbocycles. The van der Waals surface area contributed by atoms with Gasteiger partial charge < -0.3 is 5.32 Å². The summed E-state index contributed by atoms with van der Waals surface area (Å²) in [6, 6.07) is 0. The van der Waals surface area contributed by atoms with Crippen LogP contribution in [0.3, 0.4) is 0 Å². The van der Waals surface area contributed by atoms with Gasteiger partial charge in [-0.15, -0.1) is 11.6 Å². The molecule has 1 amide bonds. The highest BCUT2D eigenvalue weighted by Gasteiger charge is 2.12. The Bertz CT molecular complexity index is 382. The number of pyridine rings is 1. The Morgan fingerprint density at radius 1 is 1.53 bits per heavy atom. The highest BCUT2D eigenvalue weighted by molar-refractivity contribution is 6.38. The molecule has 0 bridgehead atoms. The van der Waals surface area contributed by atoms with E-state index in [0.29, 0.717) is 27.8 Å². The molecule has 0 unspecified atom stereocenters. The molecule has 1 rings (SSSR count). The van der Waals surface area contributed by atoms with Crippen molar-refractivity contribution >= 4 is 46.5 Å². The zero-order valence-electron chi connectivity index (χ0n) is 7.98. The number of alkyl halides is 1. The first-order valence-electron chi connectivity index (χ1n) is 4.28. The predicted octanol–water partition coefficient (Wildman–Crippen LogP) is 3.48. The number of rotatable bonds is 3. The quantitative estimate of drug-likeness (QED) is 0.852. The summed E-state index contributed by atoms with van der Waals surface area (Å²) in [6.45, 7) is 1.74. The van der Waals surface area contributed by atoms with E-state index in [4.69, 9.17) is 34.8 Å². The maximum absolute atomic E-state index is 11.1. The molecule has 82 valence electrons. The molecule has 1 N–H and O–H groups in total. The second-order valence-corrected chi connectivity index (χ2v) is 3.84. The number of amides is 1. The number of nitrogens with zero attached hydrogens (tertiary/aromatic N) is 1. The Hall–Kier alpha value is -0.510. The standard InChI is InChI=1S/C9H9Cl3N2O/c1-2-7(15)14-9-8(12)5(3-10)6(11)4-13-9/h4H,2-3H2,1H3,(H,13,14,15). The smallest absolute Gasteiger partial charge is 0.225 e. The van der Waals surface area contributed by atoms with Crippen LogP contribution in [-0.4, -0.2) is 10.9 Å². The van der Waals surface area contributed by atoms with Crippen molar-refractivity contribution in [3.8, 4) is 0 Å². The van der Waals surface area contributed by atoms with Crippen LogP contribution in [-0.2, 0) is 10.7 Å². The van der Waals surface area contributed by atoms with E-state index in [1.54, 1.807) is 6.92 Å². The lowest BCUT2D eigenvalue weighted by molar-refractivity contribution is -0.115. The number of anilines is 1. The molecule has 15 heavy (non-hydrogen) atoms. The molecule has 3 nitrogen and oxygen atoms in total. The average Bonchev–Trinajstić information content (AvgIpc) is 2.23. The van der Waals surface area contributed by atoms with Gasteiger partial charge in [0.2, 0.25) is 5.91 Å². The summed E-state index contributed by atoms with van der Waals surface area (Å²) in [5.74, 6) is 0.311. The van der Waals surface area contributed by atoms with Gasteiger partial charge in [-0.1, -0.05) is 30.1 Å². The van der Waals surface area contributed by atoms with E-state index in [0.717, 1.165) is 0 Å². The maximum Gasteiger partial charge on any atom is 0.225 e. The number of aromatic nitrogens is 1. The van der Waals surface area contributed by atoms with Gasteiger partial charge in [-0.05, 0) is 0 Å². The van der Waals surface area contributed by atoms with E-state index >= 15 is 0 Å². The van der Waals surface area contributed by atoms with Crippen LogP contribution in [0.1, 0.15) is 18.9 Å². The highest BCUT2D eigenvalue weighted by Crippen LogP contribution is 2.30. The van der Waals surface area contributed by atoms with Gasteiger partial charge in [-0.25, -0.2) is 4.98 Å². The molecule has 0 spiro atoms. The second-order valence-electron chi connectivity index (χ2n) is 2.78. The number of carbonyl (C=O) groups is 1. The number of hydrogen-bond donors (Lipinski definition) is 1. The Balaban J connectivity index is 3.05. The first-order chi connectivity index (χ1) is 7.10. The topological polar surface area (TPSA) is 42.0 Å². The lowest BCUT2D eigenvalue weighted by atomic mass is 10.3. The third-order valence-electron chi connectivity index (χ3n) is 1.78. The zero-order valence-corrected chi connectivity index (χ0v) is 10.2. The van der Waals surface area contributed by atoms with Gasteiger partial charge in [-0.2, -0.15) is 0 Å². The van der Waals surface area contributed by atoms with Crippen molar-refractivity contribution < 1.29 is 4.79 Å². The van der Waals surface area contributed by atoms with Crippen LogP contribution < -0.4 is 5.32 Å². The number of halogens is 3. The van der Waals surface area contributed by atoms with E-state index in [1.807, 2.05) is 0 Å². The second kappa shape index (κ2) is 5.54. The Kier molecular flexibility index (Phi) is 4.64. The Morgan fingerprint density at radius 3 is 2.73 bits per heavy atom. The van der Waals surface area contributed by atoms with Crippen LogP contribution in [0.2, 0.25) is 10.0 Å². The molecule has 0 saturated carbocycles. The van der Waals surface area contributed by atoms with Gasteiger partial charge in [-0.3, -0.25) is 4.79 Å². The SMILES string of the molecule is CCC(=O)Nc1ncc(Cl)c(CCl)c1Cl. The van der Waals surface area contributed by atoms with Crippen molar-refractivity contribution in [2.75, 3.05) is 5.32 Å². The summed E-state index contributed by atoms with van der Waals surface area (Å²) in [6.07, 6.45) is 1.77. The molecule has 1 aromatic heterocycles. The van der Waals surface area contributed by atoms with Gasteiger partial charge in [0.05, 0.1) is 15.9 Å². The lowest BCUT2D eigenvalue weighted by Gasteiger charge is -2.08. The van der Waals surface area contributed by atoms with Crippen LogP contribution in [0, 0.1) is 0 Å². The van der Waals surface area contributed by atoms with Crippen molar-refractivity contribution in [3.05, 3.63) is 21.8 Å². The summed E-state index contributed by atoms with van der Waals surface area (Å²) >= 11 is 17.5. The van der Waals surface area contributed by atoms with Crippen LogP contribution in [0.4, 0.5) is 5.82 Å². The van der Waals surface area contributed by atoms with Gasteiger partial charge in [0.25, 0.3) is 0 Å². The summed E-state index contributed by atoms with van der Waals surface area (Å²) in [4.78, 5) is 15.1. The minimum Gasteiger partial charge on any atom is -0.309 e. The van der Waals surface area contributed by atoms with E-state index in [-0.39, 0.29) is 11.8 Å². The fourth-order valence-electron chi connectivity index (χ4n) is 0.934. The highest BCUT2D eigenvalue weighted by atomic mass is 35.5.